The van der Waals surface area contributed by atoms with Crippen LogP contribution in [0.4, 0.5) is 5.69 Å². The van der Waals surface area contributed by atoms with Crippen LogP contribution in [0.5, 0.6) is 5.75 Å². The fourth-order valence-electron chi connectivity index (χ4n) is 3.69. The van der Waals surface area contributed by atoms with Crippen LogP contribution in [-0.4, -0.2) is 12.1 Å². The second kappa shape index (κ2) is 5.51. The van der Waals surface area contributed by atoms with Crippen molar-refractivity contribution in [3.63, 3.8) is 0 Å². The molecule has 0 saturated heterocycles. The monoisotopic (exact) mass is 271 g/mol. The van der Waals surface area contributed by atoms with Crippen molar-refractivity contribution in [2.24, 2.45) is 17.8 Å². The van der Waals surface area contributed by atoms with Crippen molar-refractivity contribution in [3.8, 4) is 5.75 Å². The lowest BCUT2D eigenvalue weighted by Crippen LogP contribution is -2.29. The molecule has 1 N–H and O–H groups in total. The number of ether oxygens (including phenoxy) is 1. The fraction of sp³-hybridized carbons (Fsp3) is 0.556. The van der Waals surface area contributed by atoms with E-state index in [-0.39, 0.29) is 6.10 Å². The molecule has 0 aliphatic heterocycles. The first-order valence-electron chi connectivity index (χ1n) is 7.84. The van der Waals surface area contributed by atoms with Crippen LogP contribution >= 0.6 is 0 Å². The summed E-state index contributed by atoms with van der Waals surface area (Å²) in [7, 11) is 0. The molecule has 2 heteroatoms. The van der Waals surface area contributed by atoms with Gasteiger partial charge in [0.2, 0.25) is 0 Å². The van der Waals surface area contributed by atoms with E-state index < -0.39 is 0 Å². The first kappa shape index (κ1) is 13.5. The molecule has 1 saturated carbocycles. The van der Waals surface area contributed by atoms with E-state index in [0.29, 0.717) is 6.04 Å². The summed E-state index contributed by atoms with van der Waals surface area (Å²) >= 11 is 0. The van der Waals surface area contributed by atoms with E-state index >= 15 is 0 Å². The summed E-state index contributed by atoms with van der Waals surface area (Å²) < 4.78 is 5.89. The Labute approximate surface area is 122 Å². The fourth-order valence-corrected chi connectivity index (χ4v) is 3.69. The number of allylic oxidation sites excluding steroid dienone is 2. The molecule has 0 radical (unpaired) electrons. The first-order chi connectivity index (χ1) is 9.63. The van der Waals surface area contributed by atoms with Crippen molar-refractivity contribution < 1.29 is 4.74 Å². The van der Waals surface area contributed by atoms with Crippen LogP contribution in [0.25, 0.3) is 0 Å². The van der Waals surface area contributed by atoms with Gasteiger partial charge in [0.25, 0.3) is 0 Å². The van der Waals surface area contributed by atoms with Crippen LogP contribution in [0.3, 0.4) is 0 Å². The van der Waals surface area contributed by atoms with Crippen LogP contribution in [0, 0.1) is 17.8 Å². The lowest BCUT2D eigenvalue weighted by atomic mass is 9.87. The molecule has 1 aromatic carbocycles. The van der Waals surface area contributed by atoms with Gasteiger partial charge in [0.1, 0.15) is 5.75 Å². The smallest absolute Gasteiger partial charge is 0.142 e. The highest BCUT2D eigenvalue weighted by Crippen LogP contribution is 2.45. The minimum atomic E-state index is 0.207. The zero-order valence-electron chi connectivity index (χ0n) is 12.7. The molecule has 0 spiro atoms. The molecule has 4 atom stereocenters. The first-order valence-corrected chi connectivity index (χ1v) is 7.84. The van der Waals surface area contributed by atoms with Crippen molar-refractivity contribution in [2.45, 2.75) is 45.8 Å². The topological polar surface area (TPSA) is 21.3 Å². The predicted molar refractivity (Wildman–Crippen MR) is 84.1 cm³/mol. The Morgan fingerprint density at radius 3 is 2.55 bits per heavy atom. The third-order valence-electron chi connectivity index (χ3n) is 4.61. The molecule has 2 bridgehead atoms. The molecule has 108 valence electrons. The number of hydrogen-bond acceptors (Lipinski definition) is 2. The highest BCUT2D eigenvalue weighted by Gasteiger charge is 2.38. The number of hydrogen-bond donors (Lipinski definition) is 1. The third kappa shape index (κ3) is 2.70. The van der Waals surface area contributed by atoms with E-state index in [1.807, 2.05) is 6.07 Å². The van der Waals surface area contributed by atoms with Gasteiger partial charge in [-0.1, -0.05) is 24.3 Å². The number of nitrogens with one attached hydrogen (secondary N) is 1. The second-order valence-corrected chi connectivity index (χ2v) is 6.54. The second-order valence-electron chi connectivity index (χ2n) is 6.54. The third-order valence-corrected chi connectivity index (χ3v) is 4.61. The molecule has 0 heterocycles. The molecule has 0 aromatic heterocycles. The quantitative estimate of drug-likeness (QED) is 0.797. The van der Waals surface area contributed by atoms with Gasteiger partial charge in [0.15, 0.2) is 0 Å². The van der Waals surface area contributed by atoms with Gasteiger partial charge in [-0.25, -0.2) is 0 Å². The average molecular weight is 271 g/mol. The van der Waals surface area contributed by atoms with Gasteiger partial charge in [-0.2, -0.15) is 0 Å². The van der Waals surface area contributed by atoms with Crippen molar-refractivity contribution in [1.29, 1.82) is 0 Å². The molecular formula is C18H25NO. The maximum absolute atomic E-state index is 5.89. The van der Waals surface area contributed by atoms with Crippen molar-refractivity contribution in [1.82, 2.24) is 0 Å². The Balaban J connectivity index is 1.69. The van der Waals surface area contributed by atoms with Crippen molar-refractivity contribution >= 4 is 5.69 Å². The molecular weight excluding hydrogens is 246 g/mol. The molecule has 2 aliphatic rings. The lowest BCUT2D eigenvalue weighted by molar-refractivity contribution is 0.243. The van der Waals surface area contributed by atoms with Gasteiger partial charge in [-0.05, 0) is 63.5 Å². The Morgan fingerprint density at radius 1 is 1.10 bits per heavy atom. The van der Waals surface area contributed by atoms with Crippen molar-refractivity contribution in [3.05, 3.63) is 36.4 Å². The van der Waals surface area contributed by atoms with Gasteiger partial charge < -0.3 is 10.1 Å². The average Bonchev–Trinajstić information content (AvgIpc) is 3.02. The van der Waals surface area contributed by atoms with E-state index in [1.54, 1.807) is 0 Å². The van der Waals surface area contributed by atoms with E-state index in [4.69, 9.17) is 4.74 Å². The maximum Gasteiger partial charge on any atom is 0.142 e. The summed E-state index contributed by atoms with van der Waals surface area (Å²) in [5, 5.41) is 3.68. The maximum atomic E-state index is 5.89. The van der Waals surface area contributed by atoms with E-state index in [2.05, 4.69) is 56.4 Å². The Hall–Kier alpha value is -1.44. The summed E-state index contributed by atoms with van der Waals surface area (Å²) in [6, 6.07) is 8.77. The van der Waals surface area contributed by atoms with Gasteiger partial charge in [0.05, 0.1) is 11.8 Å². The highest BCUT2D eigenvalue weighted by atomic mass is 16.5. The van der Waals surface area contributed by atoms with Gasteiger partial charge in [0, 0.05) is 6.04 Å². The summed E-state index contributed by atoms with van der Waals surface area (Å²) in [4.78, 5) is 0. The Bertz CT molecular complexity index is 494. The van der Waals surface area contributed by atoms with Crippen LogP contribution in [0.15, 0.2) is 36.4 Å². The number of fused-ring (bicyclic) bond motifs is 2. The zero-order valence-corrected chi connectivity index (χ0v) is 12.7. The minimum absolute atomic E-state index is 0.207. The molecule has 2 aliphatic carbocycles. The summed E-state index contributed by atoms with van der Waals surface area (Å²) in [6.07, 6.45) is 7.74. The summed E-state index contributed by atoms with van der Waals surface area (Å²) in [5.41, 5.74) is 1.13. The SMILES string of the molecule is CC(C)Oc1ccccc1NC(C)C1CC2C=CC1C2. The molecule has 2 nitrogen and oxygen atoms in total. The van der Waals surface area contributed by atoms with Gasteiger partial charge in [-0.3, -0.25) is 0 Å². The lowest BCUT2D eigenvalue weighted by Gasteiger charge is -2.28. The molecule has 3 rings (SSSR count). The van der Waals surface area contributed by atoms with Gasteiger partial charge in [-0.15, -0.1) is 0 Å². The van der Waals surface area contributed by atoms with Crippen molar-refractivity contribution in [2.75, 3.05) is 5.32 Å². The summed E-state index contributed by atoms with van der Waals surface area (Å²) in [6.45, 7) is 6.45. The molecule has 0 amide bonds. The van der Waals surface area contributed by atoms with E-state index in [9.17, 15) is 0 Å². The van der Waals surface area contributed by atoms with E-state index in [1.165, 1.54) is 12.8 Å². The number of anilines is 1. The van der Waals surface area contributed by atoms with E-state index in [0.717, 1.165) is 29.2 Å². The molecule has 20 heavy (non-hydrogen) atoms. The Kier molecular flexibility index (Phi) is 3.73. The Morgan fingerprint density at radius 2 is 1.90 bits per heavy atom. The predicted octanol–water partition coefficient (Wildman–Crippen LogP) is 4.49. The standard InChI is InChI=1S/C18H25NO/c1-12(2)20-18-7-5-4-6-17(18)19-13(3)16-11-14-8-9-15(16)10-14/h4-9,12-16,19H,10-11H2,1-3H3. The van der Waals surface area contributed by atoms with Crippen LogP contribution in [0.1, 0.15) is 33.6 Å². The minimum Gasteiger partial charge on any atom is -0.489 e. The summed E-state index contributed by atoms with van der Waals surface area (Å²) in [5.74, 6) is 3.34. The van der Waals surface area contributed by atoms with Gasteiger partial charge >= 0.3 is 0 Å². The van der Waals surface area contributed by atoms with Crippen LogP contribution in [-0.2, 0) is 0 Å². The number of para-hydroxylation sites is 2. The van der Waals surface area contributed by atoms with Crippen LogP contribution in [0.2, 0.25) is 0 Å². The zero-order chi connectivity index (χ0) is 14.1. The number of benzene rings is 1. The normalized spacial score (nSPS) is 28.9. The molecule has 1 aromatic rings. The highest BCUT2D eigenvalue weighted by molar-refractivity contribution is 5.57. The van der Waals surface area contributed by atoms with Crippen LogP contribution < -0.4 is 10.1 Å². The molecule has 1 fully saturated rings. The largest absolute Gasteiger partial charge is 0.489 e. The number of rotatable bonds is 5. The molecule has 4 unspecified atom stereocenters.